The lowest BCUT2D eigenvalue weighted by Gasteiger charge is -2.20. The summed E-state index contributed by atoms with van der Waals surface area (Å²) < 4.78 is 5.98. The molecule has 1 aromatic rings. The van der Waals surface area contributed by atoms with E-state index in [0.717, 1.165) is 24.2 Å². The van der Waals surface area contributed by atoms with Crippen molar-refractivity contribution in [2.75, 3.05) is 32.6 Å². The predicted octanol–water partition coefficient (Wildman–Crippen LogP) is 0.685. The molecule has 1 aliphatic heterocycles. The Morgan fingerprint density at radius 1 is 1.62 bits per heavy atom. The summed E-state index contributed by atoms with van der Waals surface area (Å²) in [7, 11) is 3.37. The minimum absolute atomic E-state index is 0.195. The number of carbonyl (C=O) groups is 1. The Kier molecular flexibility index (Phi) is 5.35. The zero-order chi connectivity index (χ0) is 15.4. The summed E-state index contributed by atoms with van der Waals surface area (Å²) in [6.07, 6.45) is 3.89. The fourth-order valence-corrected chi connectivity index (χ4v) is 2.80. The molecular formula is C13H19BrN4O3. The van der Waals surface area contributed by atoms with Crippen molar-refractivity contribution in [3.05, 3.63) is 21.0 Å². The Hall–Kier alpha value is -1.41. The molecule has 1 aromatic heterocycles. The number of nitrogens with zero attached hydrogens (tertiary/aromatic N) is 3. The zero-order valence-corrected chi connectivity index (χ0v) is 13.7. The first-order chi connectivity index (χ1) is 10.0. The van der Waals surface area contributed by atoms with Crippen molar-refractivity contribution in [1.82, 2.24) is 14.7 Å². The van der Waals surface area contributed by atoms with E-state index in [2.05, 4.69) is 43.0 Å². The van der Waals surface area contributed by atoms with Crippen molar-refractivity contribution < 1.29 is 9.53 Å². The summed E-state index contributed by atoms with van der Waals surface area (Å²) in [5.74, 6) is -0.509. The standard InChI is InChI=1S/C13H19BrN4O3/c1-17-5-3-4-9(17)6-15-10-7-16-18(8-11(19)21-2)13(20)12(10)14/h7,9,15H,3-6,8H2,1-2H3. The van der Waals surface area contributed by atoms with E-state index in [1.54, 1.807) is 6.20 Å². The van der Waals surface area contributed by atoms with Crippen LogP contribution in [0.5, 0.6) is 0 Å². The van der Waals surface area contributed by atoms with Crippen LogP contribution < -0.4 is 10.9 Å². The van der Waals surface area contributed by atoms with Gasteiger partial charge in [-0.3, -0.25) is 9.59 Å². The molecular weight excluding hydrogens is 340 g/mol. The van der Waals surface area contributed by atoms with Crippen LogP contribution in [0.2, 0.25) is 0 Å². The first-order valence-corrected chi connectivity index (χ1v) is 7.58. The van der Waals surface area contributed by atoms with Gasteiger partial charge in [-0.25, -0.2) is 4.68 Å². The molecule has 2 heterocycles. The number of esters is 1. The van der Waals surface area contributed by atoms with E-state index in [-0.39, 0.29) is 12.1 Å². The van der Waals surface area contributed by atoms with E-state index in [1.165, 1.54) is 13.5 Å². The summed E-state index contributed by atoms with van der Waals surface area (Å²) in [5, 5.41) is 7.23. The molecule has 0 aromatic carbocycles. The average Bonchev–Trinajstić information content (AvgIpc) is 2.88. The molecule has 1 saturated heterocycles. The third kappa shape index (κ3) is 3.82. The second-order valence-corrected chi connectivity index (χ2v) is 5.86. The lowest BCUT2D eigenvalue weighted by atomic mass is 10.2. The molecule has 2 rings (SSSR count). The van der Waals surface area contributed by atoms with Crippen LogP contribution in [0.4, 0.5) is 5.69 Å². The van der Waals surface area contributed by atoms with Crippen molar-refractivity contribution in [3.8, 4) is 0 Å². The van der Waals surface area contributed by atoms with Gasteiger partial charge in [0.1, 0.15) is 11.0 Å². The van der Waals surface area contributed by atoms with Crippen molar-refractivity contribution >= 4 is 27.6 Å². The SMILES string of the molecule is COC(=O)Cn1ncc(NCC2CCCN2C)c(Br)c1=O. The maximum Gasteiger partial charge on any atom is 0.327 e. The molecule has 0 radical (unpaired) electrons. The highest BCUT2D eigenvalue weighted by Gasteiger charge is 2.21. The molecule has 0 aliphatic carbocycles. The molecule has 8 heteroatoms. The predicted molar refractivity (Wildman–Crippen MR) is 82.4 cm³/mol. The quantitative estimate of drug-likeness (QED) is 0.780. The van der Waals surface area contributed by atoms with Crippen LogP contribution in [0.25, 0.3) is 0 Å². The molecule has 0 bridgehead atoms. The minimum Gasteiger partial charge on any atom is -0.468 e. The van der Waals surface area contributed by atoms with Crippen LogP contribution in [0.15, 0.2) is 15.5 Å². The number of hydrogen-bond acceptors (Lipinski definition) is 6. The Balaban J connectivity index is 2.06. The van der Waals surface area contributed by atoms with Gasteiger partial charge in [-0.1, -0.05) is 0 Å². The highest BCUT2D eigenvalue weighted by molar-refractivity contribution is 9.10. The van der Waals surface area contributed by atoms with Gasteiger partial charge in [-0.05, 0) is 42.4 Å². The van der Waals surface area contributed by atoms with Crippen LogP contribution in [-0.2, 0) is 16.1 Å². The molecule has 1 fully saturated rings. The largest absolute Gasteiger partial charge is 0.468 e. The second-order valence-electron chi connectivity index (χ2n) is 5.07. The molecule has 1 aliphatic rings. The van der Waals surface area contributed by atoms with Gasteiger partial charge in [0.15, 0.2) is 0 Å². The van der Waals surface area contributed by atoms with Crippen molar-refractivity contribution in [1.29, 1.82) is 0 Å². The van der Waals surface area contributed by atoms with Crippen LogP contribution in [0.3, 0.4) is 0 Å². The van der Waals surface area contributed by atoms with E-state index in [9.17, 15) is 9.59 Å². The molecule has 1 unspecified atom stereocenters. The zero-order valence-electron chi connectivity index (χ0n) is 12.1. The minimum atomic E-state index is -0.509. The number of carbonyl (C=O) groups excluding carboxylic acids is 1. The number of likely N-dealkylation sites (N-methyl/N-ethyl adjacent to an activating group) is 1. The topological polar surface area (TPSA) is 76.5 Å². The number of nitrogens with one attached hydrogen (secondary N) is 1. The van der Waals surface area contributed by atoms with Crippen molar-refractivity contribution in [3.63, 3.8) is 0 Å². The third-order valence-corrected chi connectivity index (χ3v) is 4.46. The molecule has 7 nitrogen and oxygen atoms in total. The first kappa shape index (κ1) is 16.0. The third-order valence-electron chi connectivity index (χ3n) is 3.69. The number of rotatable bonds is 5. The number of ether oxygens (including phenoxy) is 1. The normalized spacial score (nSPS) is 18.7. The van der Waals surface area contributed by atoms with E-state index >= 15 is 0 Å². The lowest BCUT2D eigenvalue weighted by Crippen LogP contribution is -2.33. The van der Waals surface area contributed by atoms with Gasteiger partial charge < -0.3 is 15.0 Å². The summed E-state index contributed by atoms with van der Waals surface area (Å²) >= 11 is 3.27. The molecule has 0 amide bonds. The molecule has 116 valence electrons. The average molecular weight is 359 g/mol. The van der Waals surface area contributed by atoms with Gasteiger partial charge in [0.05, 0.1) is 19.0 Å². The van der Waals surface area contributed by atoms with Gasteiger partial charge >= 0.3 is 5.97 Å². The van der Waals surface area contributed by atoms with Crippen molar-refractivity contribution in [2.24, 2.45) is 0 Å². The number of aromatic nitrogens is 2. The summed E-state index contributed by atoms with van der Waals surface area (Å²) in [5.41, 5.74) is 0.284. The van der Waals surface area contributed by atoms with Gasteiger partial charge in [-0.15, -0.1) is 0 Å². The molecule has 1 N–H and O–H groups in total. The fourth-order valence-electron chi connectivity index (χ4n) is 2.35. The lowest BCUT2D eigenvalue weighted by molar-refractivity contribution is -0.141. The Morgan fingerprint density at radius 3 is 3.00 bits per heavy atom. The number of likely N-dealkylation sites (tertiary alicyclic amines) is 1. The molecule has 21 heavy (non-hydrogen) atoms. The summed E-state index contributed by atoms with van der Waals surface area (Å²) in [6.45, 7) is 1.67. The van der Waals surface area contributed by atoms with E-state index in [4.69, 9.17) is 0 Å². The Morgan fingerprint density at radius 2 is 2.38 bits per heavy atom. The maximum atomic E-state index is 12.1. The van der Waals surface area contributed by atoms with Crippen LogP contribution >= 0.6 is 15.9 Å². The van der Waals surface area contributed by atoms with Crippen LogP contribution in [-0.4, -0.2) is 53.9 Å². The Labute approximate surface area is 131 Å². The van der Waals surface area contributed by atoms with Gasteiger partial charge in [0.2, 0.25) is 0 Å². The highest BCUT2D eigenvalue weighted by Crippen LogP contribution is 2.19. The first-order valence-electron chi connectivity index (χ1n) is 6.79. The van der Waals surface area contributed by atoms with E-state index in [1.807, 2.05) is 0 Å². The number of methoxy groups -OCH3 is 1. The van der Waals surface area contributed by atoms with Gasteiger partial charge in [-0.2, -0.15) is 5.10 Å². The van der Waals surface area contributed by atoms with Gasteiger partial charge in [0, 0.05) is 12.6 Å². The van der Waals surface area contributed by atoms with Crippen molar-refractivity contribution in [2.45, 2.75) is 25.4 Å². The van der Waals surface area contributed by atoms with E-state index in [0.29, 0.717) is 16.2 Å². The van der Waals surface area contributed by atoms with Crippen LogP contribution in [0, 0.1) is 0 Å². The monoisotopic (exact) mass is 358 g/mol. The van der Waals surface area contributed by atoms with E-state index < -0.39 is 5.97 Å². The number of anilines is 1. The smallest absolute Gasteiger partial charge is 0.327 e. The Bertz CT molecular complexity index is 575. The number of halogens is 1. The fraction of sp³-hybridized carbons (Fsp3) is 0.615. The number of hydrogen-bond donors (Lipinski definition) is 1. The molecule has 0 saturated carbocycles. The van der Waals surface area contributed by atoms with Gasteiger partial charge in [0.25, 0.3) is 5.56 Å². The highest BCUT2D eigenvalue weighted by atomic mass is 79.9. The molecule has 0 spiro atoms. The van der Waals surface area contributed by atoms with Crippen LogP contribution in [0.1, 0.15) is 12.8 Å². The summed E-state index contributed by atoms with van der Waals surface area (Å²) in [6, 6.07) is 0.467. The molecule has 1 atom stereocenters. The maximum absolute atomic E-state index is 12.1. The second kappa shape index (κ2) is 7.04. The summed E-state index contributed by atoms with van der Waals surface area (Å²) in [4.78, 5) is 25.6.